The Morgan fingerprint density at radius 3 is 2.60 bits per heavy atom. The maximum atomic E-state index is 12.3. The third-order valence-electron chi connectivity index (χ3n) is 3.95. The van der Waals surface area contributed by atoms with Crippen molar-refractivity contribution in [2.24, 2.45) is 7.05 Å². The average Bonchev–Trinajstić information content (AvgIpc) is 2.94. The standard InChI is InChI=1S/C19H20N4O2/c1-4-8-15-10-7-11-17(23-19(24)22(3)20-21-23)16(15)13-25-18-12-6-5-9-14(18)2/h4-12H,13H2,1-3H3/b8-4+. The molecule has 0 aliphatic carbocycles. The van der Waals surface area contributed by atoms with Gasteiger partial charge in [-0.3, -0.25) is 0 Å². The molecule has 25 heavy (non-hydrogen) atoms. The largest absolute Gasteiger partial charge is 0.489 e. The molecule has 0 spiro atoms. The second-order valence-electron chi connectivity index (χ2n) is 5.70. The molecule has 0 aliphatic rings. The molecule has 3 rings (SSSR count). The van der Waals surface area contributed by atoms with Crippen molar-refractivity contribution in [1.82, 2.24) is 19.8 Å². The van der Waals surface area contributed by atoms with Gasteiger partial charge in [-0.1, -0.05) is 42.5 Å². The molecule has 0 atom stereocenters. The van der Waals surface area contributed by atoms with Gasteiger partial charge in [-0.2, -0.15) is 9.36 Å². The van der Waals surface area contributed by atoms with Crippen molar-refractivity contribution in [2.45, 2.75) is 20.5 Å². The van der Waals surface area contributed by atoms with E-state index in [0.717, 1.165) is 22.4 Å². The van der Waals surface area contributed by atoms with Crippen molar-refractivity contribution in [3.05, 3.63) is 75.7 Å². The molecule has 0 saturated carbocycles. The molecule has 1 aromatic heterocycles. The van der Waals surface area contributed by atoms with Crippen LogP contribution in [0.3, 0.4) is 0 Å². The Hall–Kier alpha value is -3.15. The fourth-order valence-electron chi connectivity index (χ4n) is 2.62. The maximum Gasteiger partial charge on any atom is 0.368 e. The lowest BCUT2D eigenvalue weighted by Crippen LogP contribution is -2.23. The Kier molecular flexibility index (Phi) is 4.79. The highest BCUT2D eigenvalue weighted by atomic mass is 16.5. The zero-order valence-electron chi connectivity index (χ0n) is 14.5. The van der Waals surface area contributed by atoms with E-state index in [2.05, 4.69) is 10.4 Å². The molecule has 0 bridgehead atoms. The van der Waals surface area contributed by atoms with Gasteiger partial charge in [0.25, 0.3) is 0 Å². The third kappa shape index (κ3) is 3.38. The first kappa shape index (κ1) is 16.7. The molecule has 0 N–H and O–H groups in total. The van der Waals surface area contributed by atoms with E-state index >= 15 is 0 Å². The van der Waals surface area contributed by atoms with Gasteiger partial charge in [-0.05, 0) is 47.5 Å². The summed E-state index contributed by atoms with van der Waals surface area (Å²) in [5.41, 5.74) is 3.29. The van der Waals surface area contributed by atoms with Gasteiger partial charge in [0.1, 0.15) is 12.4 Å². The minimum Gasteiger partial charge on any atom is -0.489 e. The van der Waals surface area contributed by atoms with Crippen LogP contribution in [0.25, 0.3) is 11.8 Å². The summed E-state index contributed by atoms with van der Waals surface area (Å²) < 4.78 is 8.51. The van der Waals surface area contributed by atoms with Crippen LogP contribution in [0.2, 0.25) is 0 Å². The number of hydrogen-bond donors (Lipinski definition) is 0. The van der Waals surface area contributed by atoms with E-state index in [0.29, 0.717) is 12.3 Å². The number of rotatable bonds is 5. The van der Waals surface area contributed by atoms with Gasteiger partial charge in [-0.25, -0.2) is 4.79 Å². The summed E-state index contributed by atoms with van der Waals surface area (Å²) in [5.74, 6) is 0.815. The van der Waals surface area contributed by atoms with Crippen LogP contribution in [0.5, 0.6) is 5.75 Å². The fourth-order valence-corrected chi connectivity index (χ4v) is 2.62. The summed E-state index contributed by atoms with van der Waals surface area (Å²) in [6.45, 7) is 4.28. The van der Waals surface area contributed by atoms with E-state index in [-0.39, 0.29) is 5.69 Å². The highest BCUT2D eigenvalue weighted by Crippen LogP contribution is 2.23. The van der Waals surface area contributed by atoms with Crippen molar-refractivity contribution >= 4 is 6.08 Å². The summed E-state index contributed by atoms with van der Waals surface area (Å²) in [5, 5.41) is 7.76. The van der Waals surface area contributed by atoms with Crippen molar-refractivity contribution in [1.29, 1.82) is 0 Å². The van der Waals surface area contributed by atoms with E-state index < -0.39 is 0 Å². The van der Waals surface area contributed by atoms with Crippen LogP contribution in [-0.2, 0) is 13.7 Å². The Morgan fingerprint density at radius 2 is 1.92 bits per heavy atom. The lowest BCUT2D eigenvalue weighted by atomic mass is 10.1. The lowest BCUT2D eigenvalue weighted by molar-refractivity contribution is 0.303. The van der Waals surface area contributed by atoms with Crippen LogP contribution in [0, 0.1) is 6.92 Å². The van der Waals surface area contributed by atoms with Crippen LogP contribution in [0.15, 0.2) is 53.3 Å². The van der Waals surface area contributed by atoms with E-state index in [4.69, 9.17) is 4.74 Å². The molecule has 0 amide bonds. The second kappa shape index (κ2) is 7.17. The summed E-state index contributed by atoms with van der Waals surface area (Å²) >= 11 is 0. The van der Waals surface area contributed by atoms with E-state index in [1.165, 1.54) is 9.36 Å². The number of hydrogen-bond acceptors (Lipinski definition) is 4. The Bertz CT molecular complexity index is 970. The van der Waals surface area contributed by atoms with Crippen LogP contribution in [0.4, 0.5) is 0 Å². The first-order valence-corrected chi connectivity index (χ1v) is 8.04. The molecule has 0 radical (unpaired) electrons. The number of benzene rings is 2. The first-order valence-electron chi connectivity index (χ1n) is 8.04. The van der Waals surface area contributed by atoms with Crippen LogP contribution >= 0.6 is 0 Å². The van der Waals surface area contributed by atoms with Gasteiger partial charge in [0.2, 0.25) is 0 Å². The van der Waals surface area contributed by atoms with Gasteiger partial charge in [-0.15, -0.1) is 0 Å². The summed E-state index contributed by atoms with van der Waals surface area (Å²) in [6.07, 6.45) is 3.94. The smallest absolute Gasteiger partial charge is 0.368 e. The minimum absolute atomic E-state index is 0.297. The number of tetrazole rings is 1. The molecular weight excluding hydrogens is 316 g/mol. The van der Waals surface area contributed by atoms with Crippen LogP contribution in [0.1, 0.15) is 23.6 Å². The molecule has 3 aromatic rings. The van der Waals surface area contributed by atoms with Crippen molar-refractivity contribution in [2.75, 3.05) is 0 Å². The SMILES string of the molecule is C/C=C/c1cccc(-n2nnn(C)c2=O)c1COc1ccccc1C. The molecule has 128 valence electrons. The summed E-state index contributed by atoms with van der Waals surface area (Å²) in [4.78, 5) is 12.3. The monoisotopic (exact) mass is 336 g/mol. The van der Waals surface area contributed by atoms with Crippen LogP contribution < -0.4 is 10.4 Å². The van der Waals surface area contributed by atoms with E-state index in [9.17, 15) is 4.79 Å². The fraction of sp³-hybridized carbons (Fsp3) is 0.211. The summed E-state index contributed by atoms with van der Waals surface area (Å²) in [7, 11) is 1.57. The maximum absolute atomic E-state index is 12.3. The topological polar surface area (TPSA) is 61.9 Å². The van der Waals surface area contributed by atoms with Gasteiger partial charge in [0, 0.05) is 12.6 Å². The molecule has 0 fully saturated rings. The number of ether oxygens (including phenoxy) is 1. The van der Waals surface area contributed by atoms with Crippen molar-refractivity contribution in [3.63, 3.8) is 0 Å². The van der Waals surface area contributed by atoms with Crippen molar-refractivity contribution < 1.29 is 4.74 Å². The number of allylic oxidation sites excluding steroid dienone is 1. The number of aromatic nitrogens is 4. The normalized spacial score (nSPS) is 11.2. The number of nitrogens with zero attached hydrogens (tertiary/aromatic N) is 4. The van der Waals surface area contributed by atoms with Crippen molar-refractivity contribution in [3.8, 4) is 11.4 Å². The number of aryl methyl sites for hydroxylation is 2. The highest BCUT2D eigenvalue weighted by Gasteiger charge is 2.14. The highest BCUT2D eigenvalue weighted by molar-refractivity contribution is 5.59. The zero-order valence-corrected chi connectivity index (χ0v) is 14.5. The molecule has 2 aromatic carbocycles. The van der Waals surface area contributed by atoms with Crippen LogP contribution in [-0.4, -0.2) is 19.8 Å². The Labute approximate surface area is 146 Å². The quantitative estimate of drug-likeness (QED) is 0.719. The van der Waals surface area contributed by atoms with E-state index in [1.807, 2.05) is 68.5 Å². The lowest BCUT2D eigenvalue weighted by Gasteiger charge is -2.14. The molecule has 6 heteroatoms. The predicted molar refractivity (Wildman–Crippen MR) is 96.8 cm³/mol. The minimum atomic E-state index is -0.297. The molecule has 0 aliphatic heterocycles. The van der Waals surface area contributed by atoms with Gasteiger partial charge < -0.3 is 4.74 Å². The Morgan fingerprint density at radius 1 is 1.12 bits per heavy atom. The zero-order chi connectivity index (χ0) is 17.8. The number of para-hydroxylation sites is 1. The molecule has 6 nitrogen and oxygen atoms in total. The Balaban J connectivity index is 2.05. The van der Waals surface area contributed by atoms with E-state index in [1.54, 1.807) is 7.05 Å². The van der Waals surface area contributed by atoms with Gasteiger partial charge >= 0.3 is 5.69 Å². The molecule has 1 heterocycles. The average molecular weight is 336 g/mol. The molecular formula is C19H20N4O2. The third-order valence-corrected chi connectivity index (χ3v) is 3.95. The molecule has 0 unspecified atom stereocenters. The second-order valence-corrected chi connectivity index (χ2v) is 5.70. The van der Waals surface area contributed by atoms with Gasteiger partial charge in [0.15, 0.2) is 0 Å². The summed E-state index contributed by atoms with van der Waals surface area (Å²) in [6, 6.07) is 13.6. The van der Waals surface area contributed by atoms with Gasteiger partial charge in [0.05, 0.1) is 5.69 Å². The predicted octanol–water partition coefficient (Wildman–Crippen LogP) is 2.89. The first-order chi connectivity index (χ1) is 12.1. The molecule has 0 saturated heterocycles.